The molecule has 1 aliphatic heterocycles. The van der Waals surface area contributed by atoms with Crippen molar-refractivity contribution in [3.05, 3.63) is 44.6 Å². The van der Waals surface area contributed by atoms with Crippen LogP contribution >= 0.6 is 27.3 Å². The summed E-state index contributed by atoms with van der Waals surface area (Å²) in [7, 11) is 0. The van der Waals surface area contributed by atoms with Gasteiger partial charge in [-0.2, -0.15) is 0 Å². The Kier molecular flexibility index (Phi) is 7.37. The first kappa shape index (κ1) is 21.1. The Labute approximate surface area is 178 Å². The lowest BCUT2D eigenvalue weighted by molar-refractivity contribution is -0.143. The summed E-state index contributed by atoms with van der Waals surface area (Å²) in [5.41, 5.74) is 1.09. The van der Waals surface area contributed by atoms with Crippen molar-refractivity contribution in [3.8, 4) is 11.5 Å². The molecule has 0 amide bonds. The van der Waals surface area contributed by atoms with Crippen LogP contribution in [0, 0.1) is 5.92 Å². The molecule has 2 unspecified atom stereocenters. The molecular weight excluding hydrogens is 442 g/mol. The Morgan fingerprint density at radius 3 is 2.64 bits per heavy atom. The summed E-state index contributed by atoms with van der Waals surface area (Å²) in [5.74, 6) is 0.432. The molecule has 2 atom stereocenters. The highest BCUT2D eigenvalue weighted by atomic mass is 79.9. The summed E-state index contributed by atoms with van der Waals surface area (Å²) in [6.07, 6.45) is 1.62. The van der Waals surface area contributed by atoms with Crippen molar-refractivity contribution in [1.29, 1.82) is 0 Å². The Morgan fingerprint density at radius 2 is 2.00 bits per heavy atom. The van der Waals surface area contributed by atoms with E-state index in [1.807, 2.05) is 32.0 Å². The van der Waals surface area contributed by atoms with Gasteiger partial charge in [-0.3, -0.25) is 9.69 Å². The quantitative estimate of drug-likeness (QED) is 0.578. The van der Waals surface area contributed by atoms with Crippen molar-refractivity contribution in [2.24, 2.45) is 5.92 Å². The average molecular weight is 468 g/mol. The number of nitrogens with zero attached hydrogens (tertiary/aromatic N) is 1. The van der Waals surface area contributed by atoms with E-state index in [9.17, 15) is 9.90 Å². The molecule has 3 rings (SSSR count). The fourth-order valence-corrected chi connectivity index (χ4v) is 5.30. The van der Waals surface area contributed by atoms with Crippen molar-refractivity contribution >= 4 is 33.2 Å². The van der Waals surface area contributed by atoms with Gasteiger partial charge < -0.3 is 14.6 Å². The molecule has 1 aromatic heterocycles. The van der Waals surface area contributed by atoms with Crippen LogP contribution in [0.3, 0.4) is 0 Å². The minimum Gasteiger partial charge on any atom is -0.490 e. The highest BCUT2D eigenvalue weighted by Crippen LogP contribution is 2.40. The molecular formula is C21H26BrNO4S. The number of likely N-dealkylation sites (tertiary alicyclic amines) is 1. The van der Waals surface area contributed by atoms with Gasteiger partial charge in [0.25, 0.3) is 0 Å². The van der Waals surface area contributed by atoms with Crippen LogP contribution < -0.4 is 9.47 Å². The number of carboxylic acid groups (broad SMARTS) is 1. The molecule has 2 aromatic rings. The number of ether oxygens (including phenoxy) is 2. The topological polar surface area (TPSA) is 59.0 Å². The number of carbonyl (C=O) groups is 1. The van der Waals surface area contributed by atoms with Crippen molar-refractivity contribution in [1.82, 2.24) is 4.90 Å². The minimum absolute atomic E-state index is 0.00617. The lowest BCUT2D eigenvalue weighted by Gasteiger charge is -2.37. The SMILES string of the molecule is CCOc1ccc(C(c2ccc(Br)s2)N2CCCC(C(=O)O)C2)cc1OCC. The number of aliphatic carboxylic acids is 1. The van der Waals surface area contributed by atoms with Crippen LogP contribution in [0.25, 0.3) is 0 Å². The van der Waals surface area contributed by atoms with Gasteiger partial charge in [0.05, 0.1) is 29.0 Å². The Balaban J connectivity index is 1.99. The van der Waals surface area contributed by atoms with Crippen LogP contribution in [-0.2, 0) is 4.79 Å². The first-order valence-electron chi connectivity index (χ1n) is 9.65. The molecule has 1 N–H and O–H groups in total. The molecule has 28 heavy (non-hydrogen) atoms. The maximum Gasteiger partial charge on any atom is 0.307 e. The van der Waals surface area contributed by atoms with E-state index in [4.69, 9.17) is 9.47 Å². The summed E-state index contributed by atoms with van der Waals surface area (Å²) in [5, 5.41) is 9.52. The van der Waals surface area contributed by atoms with Crippen molar-refractivity contribution in [2.45, 2.75) is 32.7 Å². The second kappa shape index (κ2) is 9.76. The van der Waals surface area contributed by atoms with Crippen LogP contribution in [0.2, 0.25) is 0 Å². The number of benzene rings is 1. The largest absolute Gasteiger partial charge is 0.490 e. The minimum atomic E-state index is -0.711. The molecule has 0 saturated carbocycles. The zero-order valence-electron chi connectivity index (χ0n) is 16.2. The Bertz CT molecular complexity index is 809. The van der Waals surface area contributed by atoms with Crippen LogP contribution in [0.15, 0.2) is 34.1 Å². The second-order valence-electron chi connectivity index (χ2n) is 6.79. The van der Waals surface area contributed by atoms with Gasteiger partial charge in [0.15, 0.2) is 11.5 Å². The first-order chi connectivity index (χ1) is 13.5. The van der Waals surface area contributed by atoms with Gasteiger partial charge in [-0.15, -0.1) is 11.3 Å². The van der Waals surface area contributed by atoms with Crippen LogP contribution in [0.1, 0.15) is 43.2 Å². The number of piperidine rings is 1. The molecule has 1 saturated heterocycles. The molecule has 1 fully saturated rings. The molecule has 7 heteroatoms. The van der Waals surface area contributed by atoms with E-state index in [-0.39, 0.29) is 12.0 Å². The third-order valence-electron chi connectivity index (χ3n) is 4.91. The van der Waals surface area contributed by atoms with E-state index in [1.165, 1.54) is 4.88 Å². The van der Waals surface area contributed by atoms with Crippen LogP contribution in [0.4, 0.5) is 0 Å². The van der Waals surface area contributed by atoms with E-state index < -0.39 is 5.97 Å². The van der Waals surface area contributed by atoms with Gasteiger partial charge >= 0.3 is 5.97 Å². The van der Waals surface area contributed by atoms with E-state index in [1.54, 1.807) is 11.3 Å². The lowest BCUT2D eigenvalue weighted by atomic mass is 9.94. The van der Waals surface area contributed by atoms with Gasteiger partial charge in [0.2, 0.25) is 0 Å². The van der Waals surface area contributed by atoms with Crippen LogP contribution in [-0.4, -0.2) is 42.3 Å². The summed E-state index contributed by atoms with van der Waals surface area (Å²) >= 11 is 5.25. The van der Waals surface area contributed by atoms with E-state index >= 15 is 0 Å². The number of halogens is 1. The number of carboxylic acids is 1. The van der Waals surface area contributed by atoms with Gasteiger partial charge in [-0.05, 0) is 79.0 Å². The molecule has 0 radical (unpaired) electrons. The molecule has 2 heterocycles. The zero-order valence-corrected chi connectivity index (χ0v) is 18.6. The predicted molar refractivity (Wildman–Crippen MR) is 115 cm³/mol. The lowest BCUT2D eigenvalue weighted by Crippen LogP contribution is -2.41. The maximum absolute atomic E-state index is 11.6. The highest BCUT2D eigenvalue weighted by Gasteiger charge is 2.32. The van der Waals surface area contributed by atoms with Gasteiger partial charge in [0, 0.05) is 11.4 Å². The standard InChI is InChI=1S/C21H26BrNO4S/c1-3-26-16-8-7-14(12-17(16)27-4-2)20(18-9-10-19(22)28-18)23-11-5-6-15(13-23)21(24)25/h7-10,12,15,20H,3-6,11,13H2,1-2H3,(H,24,25). The first-order valence-corrected chi connectivity index (χ1v) is 11.3. The highest BCUT2D eigenvalue weighted by molar-refractivity contribution is 9.11. The number of thiophene rings is 1. The number of rotatable bonds is 8. The number of hydrogen-bond donors (Lipinski definition) is 1. The normalized spacial score (nSPS) is 18.6. The van der Waals surface area contributed by atoms with Crippen LogP contribution in [0.5, 0.6) is 11.5 Å². The fourth-order valence-electron chi connectivity index (χ4n) is 3.71. The summed E-state index contributed by atoms with van der Waals surface area (Å²) in [4.78, 5) is 15.1. The third-order valence-corrected chi connectivity index (χ3v) is 6.59. The van der Waals surface area contributed by atoms with E-state index in [0.717, 1.165) is 40.2 Å². The predicted octanol–water partition coefficient (Wildman–Crippen LogP) is 5.19. The Morgan fingerprint density at radius 1 is 1.25 bits per heavy atom. The third kappa shape index (κ3) is 4.88. The van der Waals surface area contributed by atoms with E-state index in [2.05, 4.69) is 33.0 Å². The summed E-state index contributed by atoms with van der Waals surface area (Å²) < 4.78 is 12.6. The molecule has 0 spiro atoms. The second-order valence-corrected chi connectivity index (χ2v) is 9.28. The van der Waals surface area contributed by atoms with E-state index in [0.29, 0.717) is 19.8 Å². The monoisotopic (exact) mass is 467 g/mol. The van der Waals surface area contributed by atoms with Gasteiger partial charge in [-0.1, -0.05) is 6.07 Å². The van der Waals surface area contributed by atoms with Crippen molar-refractivity contribution in [3.63, 3.8) is 0 Å². The molecule has 152 valence electrons. The fraction of sp³-hybridized carbons (Fsp3) is 0.476. The molecule has 1 aromatic carbocycles. The molecule has 0 bridgehead atoms. The average Bonchev–Trinajstić information content (AvgIpc) is 3.10. The molecule has 1 aliphatic rings. The van der Waals surface area contributed by atoms with Gasteiger partial charge in [-0.25, -0.2) is 0 Å². The van der Waals surface area contributed by atoms with Crippen molar-refractivity contribution in [2.75, 3.05) is 26.3 Å². The zero-order chi connectivity index (χ0) is 20.1. The molecule has 0 aliphatic carbocycles. The number of hydrogen-bond acceptors (Lipinski definition) is 5. The smallest absolute Gasteiger partial charge is 0.307 e. The Hall–Kier alpha value is -1.57. The van der Waals surface area contributed by atoms with Gasteiger partial charge in [0.1, 0.15) is 0 Å². The maximum atomic E-state index is 11.6. The van der Waals surface area contributed by atoms with Crippen molar-refractivity contribution < 1.29 is 19.4 Å². The summed E-state index contributed by atoms with van der Waals surface area (Å²) in [6.45, 7) is 6.47. The summed E-state index contributed by atoms with van der Waals surface area (Å²) in [6, 6.07) is 10.2. The molecule has 5 nitrogen and oxygen atoms in total.